The van der Waals surface area contributed by atoms with E-state index in [1.807, 2.05) is 6.07 Å². The Labute approximate surface area is 125 Å². The summed E-state index contributed by atoms with van der Waals surface area (Å²) in [6.45, 7) is 4.04. The van der Waals surface area contributed by atoms with Gasteiger partial charge in [0.2, 0.25) is 0 Å². The Morgan fingerprint density at radius 1 is 1.40 bits per heavy atom. The Morgan fingerprint density at radius 2 is 2.05 bits per heavy atom. The first-order valence-electron chi connectivity index (χ1n) is 6.50. The minimum Gasteiger partial charge on any atom is -0.493 e. The van der Waals surface area contributed by atoms with Crippen LogP contribution >= 0.6 is 11.6 Å². The molecule has 0 fully saturated rings. The molecule has 0 radical (unpaired) electrons. The van der Waals surface area contributed by atoms with Crippen LogP contribution in [0.3, 0.4) is 0 Å². The molecule has 0 amide bonds. The second-order valence-electron chi connectivity index (χ2n) is 5.68. The Hall–Kier alpha value is -0.780. The number of benzene rings is 1. The van der Waals surface area contributed by atoms with E-state index in [2.05, 4.69) is 5.32 Å². The first-order valence-corrected chi connectivity index (χ1v) is 8.77. The van der Waals surface area contributed by atoms with Crippen molar-refractivity contribution in [2.75, 3.05) is 19.9 Å². The van der Waals surface area contributed by atoms with Gasteiger partial charge in [0.25, 0.3) is 0 Å². The van der Waals surface area contributed by atoms with Gasteiger partial charge in [-0.15, -0.1) is 0 Å². The number of sulfone groups is 1. The van der Waals surface area contributed by atoms with Crippen LogP contribution < -0.4 is 10.1 Å². The van der Waals surface area contributed by atoms with Crippen LogP contribution in [-0.2, 0) is 16.3 Å². The van der Waals surface area contributed by atoms with Gasteiger partial charge in [0.15, 0.2) is 9.84 Å². The number of halogens is 1. The molecule has 1 unspecified atom stereocenters. The molecule has 4 nitrogen and oxygen atoms in total. The first-order chi connectivity index (χ1) is 9.18. The van der Waals surface area contributed by atoms with Crippen molar-refractivity contribution in [2.45, 2.75) is 31.1 Å². The van der Waals surface area contributed by atoms with Crippen LogP contribution in [0, 0.1) is 0 Å². The van der Waals surface area contributed by atoms with E-state index in [4.69, 9.17) is 16.3 Å². The molecule has 20 heavy (non-hydrogen) atoms. The molecule has 1 aliphatic heterocycles. The molecule has 1 heterocycles. The number of fused-ring (bicyclic) bond motifs is 1. The number of rotatable bonds is 4. The lowest BCUT2D eigenvalue weighted by atomic mass is 9.93. The summed E-state index contributed by atoms with van der Waals surface area (Å²) < 4.78 is 28.9. The van der Waals surface area contributed by atoms with Gasteiger partial charge in [-0.2, -0.15) is 0 Å². The molecule has 0 aliphatic carbocycles. The number of hydrogen-bond acceptors (Lipinski definition) is 4. The summed E-state index contributed by atoms with van der Waals surface area (Å²) in [6, 6.07) is 3.29. The van der Waals surface area contributed by atoms with Crippen LogP contribution in [0.15, 0.2) is 12.1 Å². The van der Waals surface area contributed by atoms with Gasteiger partial charge in [-0.3, -0.25) is 0 Å². The largest absolute Gasteiger partial charge is 0.493 e. The number of nitrogens with one attached hydrogen (secondary N) is 1. The summed E-state index contributed by atoms with van der Waals surface area (Å²) in [5.41, 5.74) is 1.85. The van der Waals surface area contributed by atoms with Crippen LogP contribution in [0.2, 0.25) is 5.02 Å². The highest BCUT2D eigenvalue weighted by molar-refractivity contribution is 7.92. The predicted octanol–water partition coefficient (Wildman–Crippen LogP) is 2.36. The van der Waals surface area contributed by atoms with E-state index < -0.39 is 14.6 Å². The minimum absolute atomic E-state index is 0.386. The monoisotopic (exact) mass is 317 g/mol. The maximum absolute atomic E-state index is 12.1. The van der Waals surface area contributed by atoms with E-state index in [0.717, 1.165) is 23.3 Å². The third-order valence-corrected chi connectivity index (χ3v) is 6.39. The first kappa shape index (κ1) is 15.6. The van der Waals surface area contributed by atoms with Crippen LogP contribution in [0.25, 0.3) is 0 Å². The minimum atomic E-state index is -3.25. The van der Waals surface area contributed by atoms with Crippen molar-refractivity contribution in [3.8, 4) is 5.75 Å². The second-order valence-corrected chi connectivity index (χ2v) is 8.71. The average molecular weight is 318 g/mol. The fourth-order valence-electron chi connectivity index (χ4n) is 2.60. The molecule has 2 rings (SSSR count). The fraction of sp³-hybridized carbons (Fsp3) is 0.571. The van der Waals surface area contributed by atoms with Crippen LogP contribution in [-0.4, -0.2) is 33.1 Å². The highest BCUT2D eigenvalue weighted by Crippen LogP contribution is 2.41. The van der Waals surface area contributed by atoms with Gasteiger partial charge in [0.05, 0.1) is 17.4 Å². The van der Waals surface area contributed by atoms with Crippen molar-refractivity contribution >= 4 is 21.4 Å². The maximum atomic E-state index is 12.1. The molecule has 0 aromatic heterocycles. The molecule has 112 valence electrons. The molecule has 1 aromatic rings. The summed E-state index contributed by atoms with van der Waals surface area (Å²) in [4.78, 5) is 0. The van der Waals surface area contributed by atoms with E-state index in [1.54, 1.807) is 27.0 Å². The highest BCUT2D eigenvalue weighted by atomic mass is 35.5. The summed E-state index contributed by atoms with van der Waals surface area (Å²) in [5, 5.41) is 3.71. The maximum Gasteiger partial charge on any atom is 0.154 e. The summed E-state index contributed by atoms with van der Waals surface area (Å²) in [7, 11) is -1.50. The van der Waals surface area contributed by atoms with Gasteiger partial charge in [-0.05, 0) is 38.6 Å². The molecule has 0 spiro atoms. The van der Waals surface area contributed by atoms with Gasteiger partial charge in [-0.1, -0.05) is 11.6 Å². The zero-order valence-corrected chi connectivity index (χ0v) is 13.7. The van der Waals surface area contributed by atoms with E-state index in [0.29, 0.717) is 11.6 Å². The van der Waals surface area contributed by atoms with Crippen LogP contribution in [0.1, 0.15) is 31.0 Å². The van der Waals surface area contributed by atoms with Gasteiger partial charge >= 0.3 is 0 Å². The lowest BCUT2D eigenvalue weighted by molar-refractivity contribution is 0.343. The smallest absolute Gasteiger partial charge is 0.154 e. The molecule has 1 aromatic carbocycles. The van der Waals surface area contributed by atoms with Crippen molar-refractivity contribution in [1.29, 1.82) is 0 Å². The highest BCUT2D eigenvalue weighted by Gasteiger charge is 2.41. The molecule has 1 atom stereocenters. The third kappa shape index (κ3) is 2.54. The Morgan fingerprint density at radius 3 is 2.60 bits per heavy atom. The van der Waals surface area contributed by atoms with Crippen LogP contribution in [0.4, 0.5) is 0 Å². The normalized spacial score (nSPS) is 16.6. The lowest BCUT2D eigenvalue weighted by Crippen LogP contribution is -2.44. The fourth-order valence-corrected chi connectivity index (χ4v) is 3.53. The second kappa shape index (κ2) is 5.20. The van der Waals surface area contributed by atoms with E-state index >= 15 is 0 Å². The Bertz CT molecular complexity index is 626. The zero-order valence-electron chi connectivity index (χ0n) is 12.2. The topological polar surface area (TPSA) is 55.4 Å². The SMILES string of the molecule is CNC(c1cc(Cl)cc2c1OCC2)C(C)(C)S(C)(=O)=O. The summed E-state index contributed by atoms with van der Waals surface area (Å²) in [5.74, 6) is 0.769. The van der Waals surface area contributed by atoms with Crippen molar-refractivity contribution in [3.63, 3.8) is 0 Å². The van der Waals surface area contributed by atoms with E-state index in [-0.39, 0.29) is 6.04 Å². The molecule has 1 aliphatic rings. The molecule has 0 saturated heterocycles. The molecular formula is C14H20ClNO3S. The van der Waals surface area contributed by atoms with Crippen LogP contribution in [0.5, 0.6) is 5.75 Å². The lowest BCUT2D eigenvalue weighted by Gasteiger charge is -2.33. The van der Waals surface area contributed by atoms with E-state index in [9.17, 15) is 8.42 Å². The number of hydrogen-bond donors (Lipinski definition) is 1. The standard InChI is InChI=1S/C14H20ClNO3S/c1-14(2,20(4,17)18)13(16-3)11-8-10(15)7-9-5-6-19-12(9)11/h7-8,13,16H,5-6H2,1-4H3. The van der Waals surface area contributed by atoms with Crippen molar-refractivity contribution in [2.24, 2.45) is 0 Å². The number of ether oxygens (including phenoxy) is 1. The quantitative estimate of drug-likeness (QED) is 0.926. The van der Waals surface area contributed by atoms with Gasteiger partial charge in [0.1, 0.15) is 5.75 Å². The third-order valence-electron chi connectivity index (χ3n) is 4.03. The molecule has 0 saturated carbocycles. The Balaban J connectivity index is 2.60. The summed E-state index contributed by atoms with van der Waals surface area (Å²) in [6.07, 6.45) is 2.06. The molecule has 0 bridgehead atoms. The molecular weight excluding hydrogens is 298 g/mol. The zero-order chi connectivity index (χ0) is 15.1. The Kier molecular flexibility index (Phi) is 4.06. The average Bonchev–Trinajstić information content (AvgIpc) is 2.75. The summed E-state index contributed by atoms with van der Waals surface area (Å²) >= 11 is 6.16. The molecule has 6 heteroatoms. The van der Waals surface area contributed by atoms with Crippen molar-refractivity contribution in [3.05, 3.63) is 28.3 Å². The van der Waals surface area contributed by atoms with Gasteiger partial charge in [-0.25, -0.2) is 8.42 Å². The van der Waals surface area contributed by atoms with Gasteiger partial charge in [0, 0.05) is 23.3 Å². The predicted molar refractivity (Wildman–Crippen MR) is 81.4 cm³/mol. The molecule has 1 N–H and O–H groups in total. The van der Waals surface area contributed by atoms with Crippen molar-refractivity contribution < 1.29 is 13.2 Å². The van der Waals surface area contributed by atoms with Crippen molar-refractivity contribution in [1.82, 2.24) is 5.32 Å². The van der Waals surface area contributed by atoms with Gasteiger partial charge < -0.3 is 10.1 Å². The van der Waals surface area contributed by atoms with E-state index in [1.165, 1.54) is 6.26 Å².